The first-order valence-electron chi connectivity index (χ1n) is 6.45. The highest BCUT2D eigenvalue weighted by Gasteiger charge is 2.17. The van der Waals surface area contributed by atoms with E-state index in [2.05, 4.69) is 49.7 Å². The van der Waals surface area contributed by atoms with Gasteiger partial charge in [-0.3, -0.25) is 0 Å². The Hall–Kier alpha value is -0.510. The summed E-state index contributed by atoms with van der Waals surface area (Å²) in [5.41, 5.74) is 1.52. The summed E-state index contributed by atoms with van der Waals surface area (Å²) in [6.45, 7) is 8.04. The molecule has 0 amide bonds. The van der Waals surface area contributed by atoms with Crippen LogP contribution in [0, 0.1) is 5.41 Å². The van der Waals surface area contributed by atoms with Gasteiger partial charge in [-0.1, -0.05) is 44.2 Å². The quantitative estimate of drug-likeness (QED) is 0.694. The van der Waals surface area contributed by atoms with Crippen molar-refractivity contribution < 1.29 is 4.74 Å². The number of hydrogen-bond acceptors (Lipinski definition) is 3. The summed E-state index contributed by atoms with van der Waals surface area (Å²) in [6, 6.07) is 10.5. The van der Waals surface area contributed by atoms with Crippen LogP contribution in [0.25, 0.3) is 0 Å². The minimum absolute atomic E-state index is 0.188. The molecule has 1 rings (SSSR count). The lowest BCUT2D eigenvalue weighted by Gasteiger charge is -2.25. The summed E-state index contributed by atoms with van der Waals surface area (Å²) in [4.78, 5) is 0. The molecule has 0 aliphatic heterocycles. The van der Waals surface area contributed by atoms with Gasteiger partial charge in [-0.25, -0.2) is 0 Å². The minimum atomic E-state index is 0.188. The number of nitrogens with one attached hydrogen (secondary N) is 1. The van der Waals surface area contributed by atoms with Gasteiger partial charge in [-0.05, 0) is 11.8 Å². The van der Waals surface area contributed by atoms with Crippen molar-refractivity contribution in [3.63, 3.8) is 0 Å². The van der Waals surface area contributed by atoms with Crippen LogP contribution < -0.4 is 5.32 Å². The summed E-state index contributed by atoms with van der Waals surface area (Å²) >= 11 is 1.83. The molecule has 1 aromatic carbocycles. The molecule has 0 saturated carbocycles. The molecule has 0 aromatic heterocycles. The van der Waals surface area contributed by atoms with Crippen LogP contribution in [0.3, 0.4) is 0 Å². The average Bonchev–Trinajstić information content (AvgIpc) is 2.36. The molecule has 1 N–H and O–H groups in total. The van der Waals surface area contributed by atoms with Crippen molar-refractivity contribution in [2.75, 3.05) is 31.8 Å². The second kappa shape index (κ2) is 8.57. The molecule has 0 unspecified atom stereocenters. The molecule has 0 aliphatic carbocycles. The van der Waals surface area contributed by atoms with Gasteiger partial charge in [-0.15, -0.1) is 0 Å². The Bertz CT molecular complexity index is 314. The van der Waals surface area contributed by atoms with Crippen LogP contribution in [0.15, 0.2) is 30.3 Å². The maximum atomic E-state index is 5.68. The first-order valence-corrected chi connectivity index (χ1v) is 7.85. The zero-order chi connectivity index (χ0) is 13.3. The van der Waals surface area contributed by atoms with Crippen molar-refractivity contribution in [3.8, 4) is 0 Å². The van der Waals surface area contributed by atoms with E-state index in [1.165, 1.54) is 5.56 Å². The smallest absolute Gasteiger partial charge is 0.0556 e. The third kappa shape index (κ3) is 7.04. The normalized spacial score (nSPS) is 11.7. The monoisotopic (exact) mass is 267 g/mol. The van der Waals surface area contributed by atoms with Crippen LogP contribution in [-0.4, -0.2) is 31.8 Å². The average molecular weight is 267 g/mol. The molecule has 0 radical (unpaired) electrons. The predicted octanol–water partition coefficient (Wildman–Crippen LogP) is 3.18. The van der Waals surface area contributed by atoms with E-state index >= 15 is 0 Å². The zero-order valence-corrected chi connectivity index (χ0v) is 12.6. The highest BCUT2D eigenvalue weighted by molar-refractivity contribution is 7.98. The molecule has 0 aliphatic rings. The highest BCUT2D eigenvalue weighted by atomic mass is 32.2. The molecule has 1 aromatic rings. The number of thioether (sulfide) groups is 1. The first kappa shape index (κ1) is 15.5. The lowest BCUT2D eigenvalue weighted by molar-refractivity contribution is 0.0721. The van der Waals surface area contributed by atoms with E-state index in [1.807, 2.05) is 17.8 Å². The third-order valence-electron chi connectivity index (χ3n) is 2.70. The fourth-order valence-electron chi connectivity index (χ4n) is 1.68. The maximum Gasteiger partial charge on any atom is 0.0556 e. The van der Waals surface area contributed by atoms with Gasteiger partial charge in [0.2, 0.25) is 0 Å². The van der Waals surface area contributed by atoms with Crippen LogP contribution in [0.1, 0.15) is 19.4 Å². The van der Waals surface area contributed by atoms with Crippen LogP contribution in [-0.2, 0) is 11.3 Å². The molecule has 3 heteroatoms. The van der Waals surface area contributed by atoms with Gasteiger partial charge < -0.3 is 10.1 Å². The van der Waals surface area contributed by atoms with Crippen molar-refractivity contribution in [1.29, 1.82) is 0 Å². The second-order valence-electron chi connectivity index (χ2n) is 5.30. The van der Waals surface area contributed by atoms with E-state index in [-0.39, 0.29) is 5.41 Å². The van der Waals surface area contributed by atoms with Gasteiger partial charge in [0.25, 0.3) is 0 Å². The predicted molar refractivity (Wildman–Crippen MR) is 81.1 cm³/mol. The summed E-state index contributed by atoms with van der Waals surface area (Å²) in [5, 5.41) is 3.50. The minimum Gasteiger partial charge on any atom is -0.380 e. The Balaban J connectivity index is 2.16. The van der Waals surface area contributed by atoms with Crippen molar-refractivity contribution in [2.24, 2.45) is 5.41 Å². The SMILES string of the molecule is CSCCOCC(C)(C)CNCc1ccccc1. The fraction of sp³-hybridized carbons (Fsp3) is 0.600. The van der Waals surface area contributed by atoms with Gasteiger partial charge in [-0.2, -0.15) is 11.8 Å². The molecule has 0 spiro atoms. The van der Waals surface area contributed by atoms with Gasteiger partial charge in [0.1, 0.15) is 0 Å². The second-order valence-corrected chi connectivity index (χ2v) is 6.28. The Labute approximate surface area is 116 Å². The van der Waals surface area contributed by atoms with E-state index in [1.54, 1.807) is 0 Å². The molecule has 18 heavy (non-hydrogen) atoms. The van der Waals surface area contributed by atoms with Gasteiger partial charge in [0.05, 0.1) is 13.2 Å². The summed E-state index contributed by atoms with van der Waals surface area (Å²) in [7, 11) is 0. The molecule has 0 atom stereocenters. The number of hydrogen-bond donors (Lipinski definition) is 1. The summed E-state index contributed by atoms with van der Waals surface area (Å²) in [6.07, 6.45) is 2.11. The lowest BCUT2D eigenvalue weighted by Crippen LogP contribution is -2.33. The van der Waals surface area contributed by atoms with Crippen molar-refractivity contribution in [3.05, 3.63) is 35.9 Å². The first-order chi connectivity index (χ1) is 8.64. The standard InChI is InChI=1S/C15H25NOS/c1-15(2,13-17-9-10-18-3)12-16-11-14-7-5-4-6-8-14/h4-8,16H,9-13H2,1-3H3. The Morgan fingerprint density at radius 1 is 1.22 bits per heavy atom. The molecule has 0 saturated heterocycles. The zero-order valence-electron chi connectivity index (χ0n) is 11.7. The fourth-order valence-corrected chi connectivity index (χ4v) is 1.97. The van der Waals surface area contributed by atoms with Crippen LogP contribution in [0.2, 0.25) is 0 Å². The van der Waals surface area contributed by atoms with Gasteiger partial charge in [0, 0.05) is 24.3 Å². The molecular weight excluding hydrogens is 242 g/mol. The Morgan fingerprint density at radius 3 is 2.61 bits per heavy atom. The molecule has 102 valence electrons. The molecular formula is C15H25NOS. The highest BCUT2D eigenvalue weighted by Crippen LogP contribution is 2.14. The lowest BCUT2D eigenvalue weighted by atomic mass is 9.95. The number of benzene rings is 1. The number of ether oxygens (including phenoxy) is 1. The van der Waals surface area contributed by atoms with E-state index in [0.29, 0.717) is 0 Å². The van der Waals surface area contributed by atoms with E-state index in [9.17, 15) is 0 Å². The Morgan fingerprint density at radius 2 is 1.94 bits per heavy atom. The van der Waals surface area contributed by atoms with Crippen LogP contribution in [0.4, 0.5) is 0 Å². The van der Waals surface area contributed by atoms with E-state index < -0.39 is 0 Å². The number of rotatable bonds is 9. The largest absolute Gasteiger partial charge is 0.380 e. The topological polar surface area (TPSA) is 21.3 Å². The van der Waals surface area contributed by atoms with E-state index in [0.717, 1.165) is 32.1 Å². The van der Waals surface area contributed by atoms with Crippen molar-refractivity contribution in [2.45, 2.75) is 20.4 Å². The van der Waals surface area contributed by atoms with Crippen molar-refractivity contribution >= 4 is 11.8 Å². The summed E-state index contributed by atoms with van der Waals surface area (Å²) in [5.74, 6) is 1.08. The maximum absolute atomic E-state index is 5.68. The summed E-state index contributed by atoms with van der Waals surface area (Å²) < 4.78 is 5.68. The third-order valence-corrected chi connectivity index (χ3v) is 3.28. The Kier molecular flexibility index (Phi) is 7.40. The van der Waals surface area contributed by atoms with Crippen LogP contribution >= 0.6 is 11.8 Å². The van der Waals surface area contributed by atoms with Crippen molar-refractivity contribution in [1.82, 2.24) is 5.32 Å². The molecule has 2 nitrogen and oxygen atoms in total. The van der Waals surface area contributed by atoms with Gasteiger partial charge in [0.15, 0.2) is 0 Å². The molecule has 0 heterocycles. The molecule has 0 bridgehead atoms. The van der Waals surface area contributed by atoms with E-state index in [4.69, 9.17) is 4.74 Å². The molecule has 0 fully saturated rings. The van der Waals surface area contributed by atoms with Gasteiger partial charge >= 0.3 is 0 Å². The van der Waals surface area contributed by atoms with Crippen LogP contribution in [0.5, 0.6) is 0 Å².